The van der Waals surface area contributed by atoms with Crippen molar-refractivity contribution in [2.45, 2.75) is 6.10 Å². The molecule has 12 heavy (non-hydrogen) atoms. The van der Waals surface area contributed by atoms with Crippen LogP contribution in [0.5, 0.6) is 0 Å². The molecule has 1 aliphatic rings. The molecule has 1 heterocycles. The number of carbonyl (C=O) groups excluding carboxylic acids is 1. The summed E-state index contributed by atoms with van der Waals surface area (Å²) in [5, 5.41) is 14.6. The first kappa shape index (κ1) is 8.66. The predicted molar refractivity (Wildman–Crippen MR) is 42.4 cm³/mol. The molecule has 1 amide bonds. The summed E-state index contributed by atoms with van der Waals surface area (Å²) in [5.41, 5.74) is 10.8. The minimum atomic E-state index is -0.677. The van der Waals surface area contributed by atoms with Crippen molar-refractivity contribution in [1.82, 2.24) is 10.6 Å². The van der Waals surface area contributed by atoms with Crippen LogP contribution in [0, 0.1) is 0 Å². The van der Waals surface area contributed by atoms with Gasteiger partial charge in [0.15, 0.2) is 0 Å². The van der Waals surface area contributed by atoms with Crippen LogP contribution in [0.3, 0.4) is 0 Å². The van der Waals surface area contributed by atoms with Crippen LogP contribution in [0.15, 0.2) is 11.5 Å². The van der Waals surface area contributed by atoms with Crippen LogP contribution in [0.2, 0.25) is 0 Å². The fraction of sp³-hybridized carbons (Fsp3) is 0.500. The Morgan fingerprint density at radius 3 is 2.92 bits per heavy atom. The second-order valence-corrected chi connectivity index (χ2v) is 2.54. The average molecular weight is 172 g/mol. The van der Waals surface area contributed by atoms with Gasteiger partial charge >= 0.3 is 0 Å². The van der Waals surface area contributed by atoms with E-state index < -0.39 is 12.0 Å². The molecule has 0 fully saturated rings. The van der Waals surface area contributed by atoms with E-state index in [9.17, 15) is 9.90 Å². The van der Waals surface area contributed by atoms with Crippen molar-refractivity contribution in [2.75, 3.05) is 13.1 Å². The van der Waals surface area contributed by atoms with Gasteiger partial charge in [0.2, 0.25) is 5.91 Å². The molecule has 7 N–H and O–H groups in total. The lowest BCUT2D eigenvalue weighted by Gasteiger charge is -2.08. The van der Waals surface area contributed by atoms with Crippen molar-refractivity contribution in [3.63, 3.8) is 0 Å². The van der Waals surface area contributed by atoms with Gasteiger partial charge in [-0.15, -0.1) is 0 Å². The summed E-state index contributed by atoms with van der Waals surface area (Å²) in [5.74, 6) is -0.127. The highest BCUT2D eigenvalue weighted by Gasteiger charge is 2.21. The number of aliphatic hydroxyl groups is 1. The summed E-state index contributed by atoms with van der Waals surface area (Å²) in [7, 11) is 0. The average Bonchev–Trinajstić information content (AvgIpc) is 2.28. The second kappa shape index (κ2) is 3.31. The Hall–Kier alpha value is -1.43. The second-order valence-electron chi connectivity index (χ2n) is 2.54. The van der Waals surface area contributed by atoms with Gasteiger partial charge in [0.25, 0.3) is 0 Å². The Balaban J connectivity index is 2.50. The van der Waals surface area contributed by atoms with E-state index in [-0.39, 0.29) is 6.54 Å². The zero-order chi connectivity index (χ0) is 9.14. The minimum Gasteiger partial charge on any atom is -0.385 e. The number of carbonyl (C=O) groups is 1. The van der Waals surface area contributed by atoms with Gasteiger partial charge in [0.05, 0.1) is 12.2 Å². The number of nitrogens with one attached hydrogen (secondary N) is 2. The molecule has 0 saturated carbocycles. The molecule has 0 saturated heterocycles. The molecule has 0 spiro atoms. The largest absolute Gasteiger partial charge is 0.385 e. The van der Waals surface area contributed by atoms with Crippen LogP contribution in [0.25, 0.3) is 0 Å². The molecule has 0 aromatic rings. The highest BCUT2D eigenvalue weighted by Crippen LogP contribution is 2.05. The van der Waals surface area contributed by atoms with Crippen molar-refractivity contribution in [2.24, 2.45) is 11.5 Å². The van der Waals surface area contributed by atoms with E-state index in [1.165, 1.54) is 0 Å². The maximum atomic E-state index is 10.4. The molecule has 6 heteroatoms. The summed E-state index contributed by atoms with van der Waals surface area (Å²) in [4.78, 5) is 10.4. The topological polar surface area (TPSA) is 113 Å². The van der Waals surface area contributed by atoms with E-state index in [0.717, 1.165) is 0 Å². The lowest BCUT2D eigenvalue weighted by molar-refractivity contribution is -0.117. The molecule has 1 aliphatic heterocycles. The van der Waals surface area contributed by atoms with Crippen molar-refractivity contribution >= 4 is 5.91 Å². The van der Waals surface area contributed by atoms with Crippen molar-refractivity contribution in [3.8, 4) is 0 Å². The first-order chi connectivity index (χ1) is 5.61. The fourth-order valence-electron chi connectivity index (χ4n) is 0.979. The Morgan fingerprint density at radius 2 is 2.50 bits per heavy atom. The predicted octanol–water partition coefficient (Wildman–Crippen LogP) is -2.85. The van der Waals surface area contributed by atoms with Crippen LogP contribution >= 0.6 is 0 Å². The van der Waals surface area contributed by atoms with Crippen molar-refractivity contribution in [1.29, 1.82) is 0 Å². The van der Waals surface area contributed by atoms with Gasteiger partial charge in [-0.25, -0.2) is 0 Å². The summed E-state index contributed by atoms with van der Waals surface area (Å²) in [6, 6.07) is 0. The minimum absolute atomic E-state index is 0.0191. The third-order valence-electron chi connectivity index (χ3n) is 1.56. The Morgan fingerprint density at radius 1 is 1.83 bits per heavy atom. The Bertz CT molecular complexity index is 226. The number of hydrogen-bond donors (Lipinski definition) is 5. The van der Waals surface area contributed by atoms with Crippen LogP contribution < -0.4 is 22.1 Å². The van der Waals surface area contributed by atoms with Crippen molar-refractivity contribution in [3.05, 3.63) is 11.5 Å². The third-order valence-corrected chi connectivity index (χ3v) is 1.56. The highest BCUT2D eigenvalue weighted by atomic mass is 16.3. The molecule has 0 aliphatic carbocycles. The SMILES string of the molecule is NC(=O)CNC1=C(N)NCC1O. The van der Waals surface area contributed by atoms with E-state index in [0.29, 0.717) is 18.1 Å². The molecule has 0 aromatic heterocycles. The number of rotatable bonds is 3. The molecule has 68 valence electrons. The summed E-state index contributed by atoms with van der Waals surface area (Å²) >= 11 is 0. The van der Waals surface area contributed by atoms with Gasteiger partial charge in [0.1, 0.15) is 11.9 Å². The zero-order valence-electron chi connectivity index (χ0n) is 6.50. The van der Waals surface area contributed by atoms with E-state index >= 15 is 0 Å². The lowest BCUT2D eigenvalue weighted by Crippen LogP contribution is -2.32. The van der Waals surface area contributed by atoms with Crippen LogP contribution in [-0.4, -0.2) is 30.2 Å². The van der Waals surface area contributed by atoms with Crippen molar-refractivity contribution < 1.29 is 9.90 Å². The summed E-state index contributed by atoms with van der Waals surface area (Å²) in [6.07, 6.45) is -0.677. The van der Waals surface area contributed by atoms with Crippen LogP contribution in [-0.2, 0) is 4.79 Å². The van der Waals surface area contributed by atoms with Gasteiger partial charge in [-0.3, -0.25) is 4.79 Å². The van der Waals surface area contributed by atoms with E-state index in [4.69, 9.17) is 11.5 Å². The maximum absolute atomic E-state index is 10.4. The Kier molecular flexibility index (Phi) is 2.39. The van der Waals surface area contributed by atoms with Gasteiger partial charge < -0.3 is 27.2 Å². The quantitative estimate of drug-likeness (QED) is 0.314. The molecule has 0 aromatic carbocycles. The highest BCUT2D eigenvalue weighted by molar-refractivity contribution is 5.76. The molecule has 6 nitrogen and oxygen atoms in total. The summed E-state index contributed by atoms with van der Waals surface area (Å²) < 4.78 is 0. The number of β-amino-alcohol motifs (C(OH)–C–C–N with tert-alkyl or cyclic N) is 1. The molecule has 1 unspecified atom stereocenters. The number of primary amides is 1. The standard InChI is InChI=1S/C6H12N4O2/c7-4(12)2-9-5-3(11)1-10-6(5)8/h3,9-11H,1-2,8H2,(H2,7,12). The third kappa shape index (κ3) is 1.79. The van der Waals surface area contributed by atoms with Gasteiger partial charge in [-0.1, -0.05) is 0 Å². The molecule has 1 atom stereocenters. The van der Waals surface area contributed by atoms with Gasteiger partial charge in [0, 0.05) is 6.54 Å². The molecule has 0 radical (unpaired) electrons. The Labute approximate surface area is 69.6 Å². The monoisotopic (exact) mass is 172 g/mol. The number of nitrogens with two attached hydrogens (primary N) is 2. The molecule has 0 bridgehead atoms. The smallest absolute Gasteiger partial charge is 0.236 e. The molecular weight excluding hydrogens is 160 g/mol. The normalized spacial score (nSPS) is 22.2. The number of amides is 1. The summed E-state index contributed by atoms with van der Waals surface area (Å²) in [6.45, 7) is 0.349. The molecular formula is C6H12N4O2. The first-order valence-electron chi connectivity index (χ1n) is 3.55. The van der Waals surface area contributed by atoms with Gasteiger partial charge in [-0.05, 0) is 0 Å². The zero-order valence-corrected chi connectivity index (χ0v) is 6.50. The maximum Gasteiger partial charge on any atom is 0.236 e. The molecule has 1 rings (SSSR count). The number of hydrogen-bond acceptors (Lipinski definition) is 5. The van der Waals surface area contributed by atoms with Crippen LogP contribution in [0.4, 0.5) is 0 Å². The number of aliphatic hydroxyl groups excluding tert-OH is 1. The fourth-order valence-corrected chi connectivity index (χ4v) is 0.979. The van der Waals surface area contributed by atoms with E-state index in [1.54, 1.807) is 0 Å². The van der Waals surface area contributed by atoms with E-state index in [1.807, 2.05) is 0 Å². The van der Waals surface area contributed by atoms with E-state index in [2.05, 4.69) is 10.6 Å². The lowest BCUT2D eigenvalue weighted by atomic mass is 10.3. The van der Waals surface area contributed by atoms with Crippen LogP contribution in [0.1, 0.15) is 0 Å². The van der Waals surface area contributed by atoms with Gasteiger partial charge in [-0.2, -0.15) is 0 Å². The first-order valence-corrected chi connectivity index (χ1v) is 3.55.